The summed E-state index contributed by atoms with van der Waals surface area (Å²) in [6, 6.07) is 1.70. The summed E-state index contributed by atoms with van der Waals surface area (Å²) in [5, 5.41) is 9.35. The smallest absolute Gasteiger partial charge is 0.312 e. The Bertz CT molecular complexity index is 502. The van der Waals surface area contributed by atoms with Crippen molar-refractivity contribution < 1.29 is 19.4 Å². The summed E-state index contributed by atoms with van der Waals surface area (Å²) in [6.45, 7) is 4.01. The van der Waals surface area contributed by atoms with Crippen LogP contribution in [0.15, 0.2) is 10.5 Å². The Hall–Kier alpha value is -1.27. The van der Waals surface area contributed by atoms with Gasteiger partial charge in [-0.3, -0.25) is 4.79 Å². The SMILES string of the molecule is COc1cc(C(CN)C(=O)O)c(C(C)C)c(Br)c1OC. The van der Waals surface area contributed by atoms with Gasteiger partial charge in [0, 0.05) is 6.54 Å². The van der Waals surface area contributed by atoms with Gasteiger partial charge < -0.3 is 20.3 Å². The van der Waals surface area contributed by atoms with E-state index in [2.05, 4.69) is 15.9 Å². The number of rotatable bonds is 6. The van der Waals surface area contributed by atoms with Crippen LogP contribution >= 0.6 is 15.9 Å². The molecular formula is C14H20BrNO4. The second-order valence-corrected chi connectivity index (χ2v) is 5.50. The summed E-state index contributed by atoms with van der Waals surface area (Å²) in [6.07, 6.45) is 0. The normalized spacial score (nSPS) is 12.3. The quantitative estimate of drug-likeness (QED) is 0.828. The van der Waals surface area contributed by atoms with Crippen LogP contribution in [0.3, 0.4) is 0 Å². The van der Waals surface area contributed by atoms with E-state index in [9.17, 15) is 9.90 Å². The highest BCUT2D eigenvalue weighted by atomic mass is 79.9. The molecule has 0 aliphatic rings. The molecule has 1 atom stereocenters. The minimum Gasteiger partial charge on any atom is -0.493 e. The van der Waals surface area contributed by atoms with E-state index in [1.54, 1.807) is 13.2 Å². The van der Waals surface area contributed by atoms with Crippen molar-refractivity contribution in [3.05, 3.63) is 21.7 Å². The minimum atomic E-state index is -0.950. The fraction of sp³-hybridized carbons (Fsp3) is 0.500. The van der Waals surface area contributed by atoms with Crippen LogP contribution in [-0.2, 0) is 4.79 Å². The first kappa shape index (κ1) is 16.8. The maximum atomic E-state index is 11.4. The first-order valence-electron chi connectivity index (χ1n) is 6.26. The van der Waals surface area contributed by atoms with Crippen LogP contribution in [0.25, 0.3) is 0 Å². The highest BCUT2D eigenvalue weighted by Crippen LogP contribution is 2.44. The molecule has 0 radical (unpaired) electrons. The van der Waals surface area contributed by atoms with Crippen molar-refractivity contribution in [2.45, 2.75) is 25.7 Å². The number of halogens is 1. The molecule has 0 spiro atoms. The van der Waals surface area contributed by atoms with E-state index >= 15 is 0 Å². The van der Waals surface area contributed by atoms with Crippen molar-refractivity contribution in [2.24, 2.45) is 5.73 Å². The van der Waals surface area contributed by atoms with Gasteiger partial charge in [0.1, 0.15) is 0 Å². The lowest BCUT2D eigenvalue weighted by atomic mass is 9.88. The zero-order chi connectivity index (χ0) is 15.4. The van der Waals surface area contributed by atoms with Crippen LogP contribution < -0.4 is 15.2 Å². The van der Waals surface area contributed by atoms with Gasteiger partial charge in [0.2, 0.25) is 0 Å². The molecule has 3 N–H and O–H groups in total. The summed E-state index contributed by atoms with van der Waals surface area (Å²) in [5.41, 5.74) is 7.15. The first-order valence-corrected chi connectivity index (χ1v) is 7.05. The lowest BCUT2D eigenvalue weighted by Gasteiger charge is -2.23. The summed E-state index contributed by atoms with van der Waals surface area (Å²) in [4.78, 5) is 11.4. The van der Waals surface area contributed by atoms with Gasteiger partial charge in [0.25, 0.3) is 0 Å². The predicted molar refractivity (Wildman–Crippen MR) is 80.8 cm³/mol. The zero-order valence-corrected chi connectivity index (χ0v) is 13.7. The first-order chi connectivity index (χ1) is 9.38. The van der Waals surface area contributed by atoms with Gasteiger partial charge in [-0.1, -0.05) is 13.8 Å². The fourth-order valence-electron chi connectivity index (χ4n) is 2.22. The maximum Gasteiger partial charge on any atom is 0.312 e. The average Bonchev–Trinajstić information content (AvgIpc) is 2.37. The molecule has 0 aromatic heterocycles. The molecule has 0 heterocycles. The number of hydrogen-bond acceptors (Lipinski definition) is 4. The number of aliphatic carboxylic acids is 1. The molecule has 5 nitrogen and oxygen atoms in total. The Labute approximate surface area is 127 Å². The number of ether oxygens (including phenoxy) is 2. The van der Waals surface area contributed by atoms with Gasteiger partial charge in [-0.05, 0) is 39.0 Å². The predicted octanol–water partition coefficient (Wildman–Crippen LogP) is 2.72. The molecule has 1 rings (SSSR count). The molecule has 0 saturated heterocycles. The minimum absolute atomic E-state index is 0.0248. The van der Waals surface area contributed by atoms with Gasteiger partial charge in [-0.2, -0.15) is 0 Å². The Morgan fingerprint density at radius 3 is 2.35 bits per heavy atom. The summed E-state index contributed by atoms with van der Waals surface area (Å²) in [5.74, 6) is -0.566. The highest BCUT2D eigenvalue weighted by Gasteiger charge is 2.27. The molecule has 0 aliphatic carbocycles. The number of benzene rings is 1. The Balaban J connectivity index is 3.64. The van der Waals surface area contributed by atoms with E-state index in [4.69, 9.17) is 15.2 Å². The van der Waals surface area contributed by atoms with E-state index in [1.807, 2.05) is 13.8 Å². The maximum absolute atomic E-state index is 11.4. The van der Waals surface area contributed by atoms with Crippen LogP contribution in [0.2, 0.25) is 0 Å². The van der Waals surface area contributed by atoms with Crippen molar-refractivity contribution in [3.63, 3.8) is 0 Å². The van der Waals surface area contributed by atoms with Crippen molar-refractivity contribution in [1.82, 2.24) is 0 Å². The van der Waals surface area contributed by atoms with Crippen LogP contribution in [-0.4, -0.2) is 31.8 Å². The number of hydrogen-bond donors (Lipinski definition) is 2. The molecule has 0 aliphatic heterocycles. The fourth-order valence-corrected chi connectivity index (χ4v) is 3.26. The molecule has 0 bridgehead atoms. The third-order valence-electron chi connectivity index (χ3n) is 3.17. The molecular weight excluding hydrogens is 326 g/mol. The van der Waals surface area contributed by atoms with Crippen LogP contribution in [0.4, 0.5) is 0 Å². The number of carbonyl (C=O) groups is 1. The van der Waals surface area contributed by atoms with Crippen molar-refractivity contribution in [1.29, 1.82) is 0 Å². The molecule has 0 saturated carbocycles. The van der Waals surface area contributed by atoms with Crippen molar-refractivity contribution >= 4 is 21.9 Å². The Kier molecular flexibility index (Phi) is 5.83. The average molecular weight is 346 g/mol. The van der Waals surface area contributed by atoms with E-state index in [1.165, 1.54) is 7.11 Å². The second-order valence-electron chi connectivity index (χ2n) is 4.71. The summed E-state index contributed by atoms with van der Waals surface area (Å²) >= 11 is 3.49. The third-order valence-corrected chi connectivity index (χ3v) is 3.96. The molecule has 6 heteroatoms. The number of carboxylic acid groups (broad SMARTS) is 1. The van der Waals surface area contributed by atoms with Crippen molar-refractivity contribution in [3.8, 4) is 11.5 Å². The van der Waals surface area contributed by atoms with E-state index in [0.717, 1.165) is 5.56 Å². The third kappa shape index (κ3) is 3.07. The lowest BCUT2D eigenvalue weighted by molar-refractivity contribution is -0.138. The molecule has 1 aromatic rings. The molecule has 1 unspecified atom stereocenters. The second kappa shape index (κ2) is 6.95. The monoisotopic (exact) mass is 345 g/mol. The van der Waals surface area contributed by atoms with Crippen LogP contribution in [0.1, 0.15) is 36.8 Å². The van der Waals surface area contributed by atoms with E-state index in [0.29, 0.717) is 21.5 Å². The largest absolute Gasteiger partial charge is 0.493 e. The summed E-state index contributed by atoms with van der Waals surface area (Å²) in [7, 11) is 3.06. The number of methoxy groups -OCH3 is 2. The Morgan fingerprint density at radius 2 is 2.00 bits per heavy atom. The van der Waals surface area contributed by atoms with E-state index < -0.39 is 11.9 Å². The molecule has 0 fully saturated rings. The standard InChI is InChI=1S/C14H20BrNO4/c1-7(2)11-8(9(6-16)14(17)18)5-10(19-3)13(20-4)12(11)15/h5,7,9H,6,16H2,1-4H3,(H,17,18). The van der Waals surface area contributed by atoms with E-state index in [-0.39, 0.29) is 12.5 Å². The van der Waals surface area contributed by atoms with Gasteiger partial charge in [-0.25, -0.2) is 0 Å². The van der Waals surface area contributed by atoms with Gasteiger partial charge in [0.05, 0.1) is 24.6 Å². The summed E-state index contributed by atoms with van der Waals surface area (Å²) < 4.78 is 11.3. The number of nitrogens with two attached hydrogens (primary N) is 1. The van der Waals surface area contributed by atoms with Crippen LogP contribution in [0, 0.1) is 0 Å². The molecule has 20 heavy (non-hydrogen) atoms. The Morgan fingerprint density at radius 1 is 1.40 bits per heavy atom. The lowest BCUT2D eigenvalue weighted by Crippen LogP contribution is -2.23. The van der Waals surface area contributed by atoms with Crippen LogP contribution in [0.5, 0.6) is 11.5 Å². The topological polar surface area (TPSA) is 81.8 Å². The zero-order valence-electron chi connectivity index (χ0n) is 12.1. The van der Waals surface area contributed by atoms with Crippen molar-refractivity contribution in [2.75, 3.05) is 20.8 Å². The van der Waals surface area contributed by atoms with Gasteiger partial charge >= 0.3 is 5.97 Å². The molecule has 1 aromatic carbocycles. The van der Waals surface area contributed by atoms with Gasteiger partial charge in [-0.15, -0.1) is 0 Å². The number of carboxylic acids is 1. The highest BCUT2D eigenvalue weighted by molar-refractivity contribution is 9.10. The van der Waals surface area contributed by atoms with Gasteiger partial charge in [0.15, 0.2) is 11.5 Å². The molecule has 112 valence electrons. The molecule has 0 amide bonds.